The Morgan fingerprint density at radius 3 is 2.42 bits per heavy atom. The van der Waals surface area contributed by atoms with E-state index in [1.54, 1.807) is 0 Å². The van der Waals surface area contributed by atoms with Crippen LogP contribution in [0.3, 0.4) is 0 Å². The summed E-state index contributed by atoms with van der Waals surface area (Å²) >= 11 is 0. The molecule has 0 N–H and O–H groups in total. The maximum atomic E-state index is 12.2. The number of ketones is 1. The molecule has 3 rings (SSSR count). The number of hydrogen-bond donors (Lipinski definition) is 0. The zero-order valence-electron chi connectivity index (χ0n) is 11.9. The van der Waals surface area contributed by atoms with Gasteiger partial charge in [0.1, 0.15) is 5.78 Å². The highest BCUT2D eigenvalue weighted by Gasteiger charge is 2.39. The number of rotatable bonds is 5. The van der Waals surface area contributed by atoms with Crippen molar-refractivity contribution in [3.8, 4) is 0 Å². The molecule has 102 valence electrons. The normalized spacial score (nSPS) is 28.8. The Kier molecular flexibility index (Phi) is 3.72. The third-order valence-corrected chi connectivity index (χ3v) is 5.21. The monoisotopic (exact) mass is 256 g/mol. The lowest BCUT2D eigenvalue weighted by Crippen LogP contribution is -2.16. The molecule has 19 heavy (non-hydrogen) atoms. The maximum Gasteiger partial charge on any atom is 0.137 e. The fourth-order valence-corrected chi connectivity index (χ4v) is 4.11. The van der Waals surface area contributed by atoms with Crippen molar-refractivity contribution >= 4 is 5.78 Å². The minimum Gasteiger partial charge on any atom is -0.299 e. The lowest BCUT2D eigenvalue weighted by Gasteiger charge is -2.20. The lowest BCUT2D eigenvalue weighted by molar-refractivity contribution is -0.119. The van der Waals surface area contributed by atoms with E-state index >= 15 is 0 Å². The number of hydrogen-bond acceptors (Lipinski definition) is 1. The second-order valence-corrected chi connectivity index (χ2v) is 6.52. The Labute approximate surface area is 116 Å². The number of Topliss-reactive ketones (excluding diaryl/α,β-unsaturated/α-hetero) is 1. The van der Waals surface area contributed by atoms with E-state index in [1.165, 1.54) is 36.8 Å². The molecule has 2 bridgehead atoms. The topological polar surface area (TPSA) is 17.1 Å². The van der Waals surface area contributed by atoms with E-state index in [9.17, 15) is 4.79 Å². The standard InChI is InChI=1S/C18H24O/c1-2-13-3-5-14(6-4-13)11-18(19)12-17-10-15-7-8-16(17)9-15/h3-6,15-17H,2,7-12H2,1H3. The zero-order valence-corrected chi connectivity index (χ0v) is 11.9. The lowest BCUT2D eigenvalue weighted by atomic mass is 9.84. The second kappa shape index (κ2) is 5.48. The molecule has 1 heteroatoms. The van der Waals surface area contributed by atoms with Crippen LogP contribution in [0.4, 0.5) is 0 Å². The fourth-order valence-electron chi connectivity index (χ4n) is 4.11. The summed E-state index contributed by atoms with van der Waals surface area (Å²) in [6.45, 7) is 2.16. The molecule has 3 unspecified atom stereocenters. The van der Waals surface area contributed by atoms with Gasteiger partial charge < -0.3 is 0 Å². The minimum atomic E-state index is 0.446. The quantitative estimate of drug-likeness (QED) is 0.772. The molecule has 1 nitrogen and oxygen atoms in total. The van der Waals surface area contributed by atoms with E-state index in [1.807, 2.05) is 0 Å². The van der Waals surface area contributed by atoms with Gasteiger partial charge in [0.15, 0.2) is 0 Å². The summed E-state index contributed by atoms with van der Waals surface area (Å²) in [6.07, 6.45) is 8.07. The van der Waals surface area contributed by atoms with Gasteiger partial charge in [-0.3, -0.25) is 4.79 Å². The summed E-state index contributed by atoms with van der Waals surface area (Å²) < 4.78 is 0. The summed E-state index contributed by atoms with van der Waals surface area (Å²) in [4.78, 5) is 12.2. The third kappa shape index (κ3) is 2.91. The first-order valence-electron chi connectivity index (χ1n) is 7.84. The van der Waals surface area contributed by atoms with Crippen LogP contribution in [0.2, 0.25) is 0 Å². The maximum absolute atomic E-state index is 12.2. The number of fused-ring (bicyclic) bond motifs is 2. The summed E-state index contributed by atoms with van der Waals surface area (Å²) in [5, 5.41) is 0. The summed E-state index contributed by atoms with van der Waals surface area (Å²) in [5.41, 5.74) is 2.54. The molecular weight excluding hydrogens is 232 g/mol. The van der Waals surface area contributed by atoms with Gasteiger partial charge in [0.05, 0.1) is 0 Å². The Bertz CT molecular complexity index is 445. The third-order valence-electron chi connectivity index (χ3n) is 5.21. The van der Waals surface area contributed by atoms with Gasteiger partial charge in [-0.05, 0) is 54.6 Å². The first-order valence-corrected chi connectivity index (χ1v) is 7.84. The first kappa shape index (κ1) is 12.9. The van der Waals surface area contributed by atoms with Gasteiger partial charge in [-0.15, -0.1) is 0 Å². The molecule has 2 aliphatic carbocycles. The molecule has 0 aliphatic heterocycles. The van der Waals surface area contributed by atoms with Crippen molar-refractivity contribution in [1.29, 1.82) is 0 Å². The Hall–Kier alpha value is -1.11. The van der Waals surface area contributed by atoms with Crippen LogP contribution in [-0.4, -0.2) is 5.78 Å². The number of carbonyl (C=O) groups excluding carboxylic acids is 1. The minimum absolute atomic E-state index is 0.446. The average Bonchev–Trinajstić information content (AvgIpc) is 3.02. The van der Waals surface area contributed by atoms with Gasteiger partial charge >= 0.3 is 0 Å². The summed E-state index contributed by atoms with van der Waals surface area (Å²) in [5.74, 6) is 2.98. The predicted molar refractivity (Wildman–Crippen MR) is 78.1 cm³/mol. The van der Waals surface area contributed by atoms with Gasteiger partial charge in [0.2, 0.25) is 0 Å². The second-order valence-electron chi connectivity index (χ2n) is 6.52. The smallest absolute Gasteiger partial charge is 0.137 e. The van der Waals surface area contributed by atoms with E-state index in [0.717, 1.165) is 24.7 Å². The van der Waals surface area contributed by atoms with Crippen molar-refractivity contribution in [2.45, 2.75) is 51.9 Å². The summed E-state index contributed by atoms with van der Waals surface area (Å²) in [6, 6.07) is 8.55. The molecule has 1 aromatic carbocycles. The molecule has 0 heterocycles. The molecule has 0 spiro atoms. The number of carbonyl (C=O) groups is 1. The highest BCUT2D eigenvalue weighted by Crippen LogP contribution is 2.49. The van der Waals surface area contributed by atoms with Crippen molar-refractivity contribution in [2.75, 3.05) is 0 Å². The highest BCUT2D eigenvalue weighted by atomic mass is 16.1. The van der Waals surface area contributed by atoms with E-state index in [4.69, 9.17) is 0 Å². The van der Waals surface area contributed by atoms with E-state index in [2.05, 4.69) is 31.2 Å². The van der Waals surface area contributed by atoms with Crippen LogP contribution in [0.25, 0.3) is 0 Å². The van der Waals surface area contributed by atoms with E-state index in [-0.39, 0.29) is 0 Å². The Morgan fingerprint density at radius 1 is 1.11 bits per heavy atom. The average molecular weight is 256 g/mol. The van der Waals surface area contributed by atoms with Crippen LogP contribution < -0.4 is 0 Å². The van der Waals surface area contributed by atoms with Crippen LogP contribution in [0.5, 0.6) is 0 Å². The number of benzene rings is 1. The van der Waals surface area contributed by atoms with Crippen LogP contribution in [0.1, 0.15) is 50.2 Å². The molecule has 2 aliphatic rings. The SMILES string of the molecule is CCc1ccc(CC(=O)CC2CC3CCC2C3)cc1. The molecule has 0 saturated heterocycles. The van der Waals surface area contributed by atoms with Crippen molar-refractivity contribution in [2.24, 2.45) is 17.8 Å². The van der Waals surface area contributed by atoms with E-state index < -0.39 is 0 Å². The Morgan fingerprint density at radius 2 is 1.84 bits per heavy atom. The van der Waals surface area contributed by atoms with Crippen molar-refractivity contribution < 1.29 is 4.79 Å². The van der Waals surface area contributed by atoms with Gasteiger partial charge in [-0.1, -0.05) is 37.6 Å². The Balaban J connectivity index is 1.53. The first-order chi connectivity index (χ1) is 9.24. The highest BCUT2D eigenvalue weighted by molar-refractivity contribution is 5.81. The summed E-state index contributed by atoms with van der Waals surface area (Å²) in [7, 11) is 0. The molecule has 2 fully saturated rings. The molecule has 0 radical (unpaired) electrons. The number of aryl methyl sites for hydroxylation is 1. The van der Waals surface area contributed by atoms with Crippen molar-refractivity contribution in [3.05, 3.63) is 35.4 Å². The predicted octanol–water partition coefficient (Wildman–Crippen LogP) is 4.19. The van der Waals surface area contributed by atoms with Gasteiger partial charge in [-0.25, -0.2) is 0 Å². The van der Waals surface area contributed by atoms with Gasteiger partial charge in [-0.2, -0.15) is 0 Å². The molecule has 3 atom stereocenters. The largest absolute Gasteiger partial charge is 0.299 e. The molecular formula is C18H24O. The molecule has 0 aromatic heterocycles. The zero-order chi connectivity index (χ0) is 13.2. The van der Waals surface area contributed by atoms with Crippen LogP contribution >= 0.6 is 0 Å². The van der Waals surface area contributed by atoms with Crippen molar-refractivity contribution in [1.82, 2.24) is 0 Å². The van der Waals surface area contributed by atoms with Crippen LogP contribution in [-0.2, 0) is 17.6 Å². The van der Waals surface area contributed by atoms with Gasteiger partial charge in [0.25, 0.3) is 0 Å². The van der Waals surface area contributed by atoms with E-state index in [0.29, 0.717) is 18.1 Å². The van der Waals surface area contributed by atoms with Gasteiger partial charge in [0, 0.05) is 12.8 Å². The van der Waals surface area contributed by atoms with Crippen molar-refractivity contribution in [3.63, 3.8) is 0 Å². The molecule has 0 amide bonds. The fraction of sp³-hybridized carbons (Fsp3) is 0.611. The molecule has 1 aromatic rings. The van der Waals surface area contributed by atoms with Crippen LogP contribution in [0.15, 0.2) is 24.3 Å². The van der Waals surface area contributed by atoms with Crippen LogP contribution in [0, 0.1) is 17.8 Å². The molecule has 2 saturated carbocycles.